The normalized spacial score (nSPS) is 18.0. The summed E-state index contributed by atoms with van der Waals surface area (Å²) in [5, 5.41) is 21.7. The molecule has 2 N–H and O–H groups in total. The van der Waals surface area contributed by atoms with Gasteiger partial charge in [-0.2, -0.15) is 5.26 Å². The number of nitriles is 1. The number of aliphatic hydroxyl groups excluding tert-OH is 1. The number of furan rings is 1. The number of carbonyl (C=O) groups excluding carboxylic acids is 1. The fraction of sp³-hybridized carbons (Fsp3) is 0.200. The predicted octanol–water partition coefficient (Wildman–Crippen LogP) is 2.26. The highest BCUT2D eigenvalue weighted by Crippen LogP contribution is 2.37. The van der Waals surface area contributed by atoms with Gasteiger partial charge in [0.1, 0.15) is 24.0 Å². The van der Waals surface area contributed by atoms with Gasteiger partial charge >= 0.3 is 5.97 Å². The Bertz CT molecular complexity index is 662. The van der Waals surface area contributed by atoms with Gasteiger partial charge in [-0.15, -0.1) is 0 Å². The van der Waals surface area contributed by atoms with Gasteiger partial charge in [0.25, 0.3) is 0 Å². The zero-order chi connectivity index (χ0) is 15.4. The number of hydrogen-bond donors (Lipinski definition) is 2. The van der Waals surface area contributed by atoms with Crippen molar-refractivity contribution in [2.45, 2.75) is 12.8 Å². The zero-order valence-electron chi connectivity index (χ0n) is 11.4. The van der Waals surface area contributed by atoms with Crippen LogP contribution >= 0.6 is 0 Å². The number of nitrogens with one attached hydrogen (secondary N) is 1. The first-order chi connectivity index (χ1) is 10.1. The van der Waals surface area contributed by atoms with Gasteiger partial charge in [-0.3, -0.25) is 0 Å². The van der Waals surface area contributed by atoms with Gasteiger partial charge < -0.3 is 19.6 Å². The van der Waals surface area contributed by atoms with E-state index in [9.17, 15) is 15.2 Å². The lowest BCUT2D eigenvalue weighted by molar-refractivity contribution is -0.138. The fourth-order valence-electron chi connectivity index (χ4n) is 2.15. The first kappa shape index (κ1) is 14.5. The summed E-state index contributed by atoms with van der Waals surface area (Å²) in [5.74, 6) is -1.31. The summed E-state index contributed by atoms with van der Waals surface area (Å²) in [6.45, 7) is 5.15. The Morgan fingerprint density at radius 2 is 2.48 bits per heavy atom. The van der Waals surface area contributed by atoms with Crippen LogP contribution < -0.4 is 5.32 Å². The molecule has 0 saturated heterocycles. The van der Waals surface area contributed by atoms with Crippen molar-refractivity contribution in [2.24, 2.45) is 0 Å². The highest BCUT2D eigenvalue weighted by Gasteiger charge is 2.37. The Morgan fingerprint density at radius 1 is 1.71 bits per heavy atom. The highest BCUT2D eigenvalue weighted by molar-refractivity contribution is 5.92. The Morgan fingerprint density at radius 3 is 3.05 bits per heavy atom. The number of ether oxygens (including phenoxy) is 1. The molecule has 1 aliphatic rings. The molecule has 0 amide bonds. The molecule has 6 heteroatoms. The van der Waals surface area contributed by atoms with Crippen LogP contribution in [0.1, 0.15) is 18.6 Å². The second kappa shape index (κ2) is 6.01. The Labute approximate surface area is 121 Å². The van der Waals surface area contributed by atoms with E-state index in [2.05, 4.69) is 11.9 Å². The molecular weight excluding hydrogens is 272 g/mol. The Hall–Kier alpha value is -2.94. The summed E-state index contributed by atoms with van der Waals surface area (Å²) >= 11 is 0. The van der Waals surface area contributed by atoms with Crippen molar-refractivity contribution in [3.05, 3.63) is 59.5 Å². The van der Waals surface area contributed by atoms with Gasteiger partial charge in [0.2, 0.25) is 5.88 Å². The molecule has 0 aliphatic carbocycles. The van der Waals surface area contributed by atoms with Gasteiger partial charge in [0.05, 0.1) is 17.8 Å². The van der Waals surface area contributed by atoms with Crippen LogP contribution in [0.3, 0.4) is 0 Å². The summed E-state index contributed by atoms with van der Waals surface area (Å²) in [7, 11) is 0. The molecule has 2 rings (SSSR count). The van der Waals surface area contributed by atoms with Crippen LogP contribution in [0.2, 0.25) is 0 Å². The first-order valence-electron chi connectivity index (χ1n) is 6.22. The van der Waals surface area contributed by atoms with Crippen LogP contribution in [0.4, 0.5) is 0 Å². The van der Waals surface area contributed by atoms with Crippen molar-refractivity contribution in [1.82, 2.24) is 5.32 Å². The molecule has 2 heterocycles. The average Bonchev–Trinajstić information content (AvgIpc) is 2.97. The van der Waals surface area contributed by atoms with Crippen LogP contribution in [0.5, 0.6) is 0 Å². The van der Waals surface area contributed by atoms with E-state index >= 15 is 0 Å². The van der Waals surface area contributed by atoms with Crippen LogP contribution in [-0.4, -0.2) is 17.7 Å². The SMILES string of the molecule is C=CCOC(=O)C1=C(C)NC(O)=C(C#N)C1c1ccco1. The second-order valence-electron chi connectivity index (χ2n) is 4.37. The number of nitrogens with zero attached hydrogens (tertiary/aromatic N) is 1. The molecule has 0 saturated carbocycles. The van der Waals surface area contributed by atoms with Crippen molar-refractivity contribution in [3.63, 3.8) is 0 Å². The molecule has 21 heavy (non-hydrogen) atoms. The van der Waals surface area contributed by atoms with Gasteiger partial charge in [0.15, 0.2) is 0 Å². The maximum absolute atomic E-state index is 12.2. The van der Waals surface area contributed by atoms with Crippen molar-refractivity contribution < 1.29 is 19.1 Å². The maximum atomic E-state index is 12.2. The monoisotopic (exact) mass is 286 g/mol. The van der Waals surface area contributed by atoms with E-state index in [1.807, 2.05) is 6.07 Å². The molecule has 1 atom stereocenters. The quantitative estimate of drug-likeness (QED) is 0.651. The van der Waals surface area contributed by atoms with E-state index in [1.165, 1.54) is 12.3 Å². The van der Waals surface area contributed by atoms with Gasteiger partial charge in [-0.1, -0.05) is 12.7 Å². The molecule has 0 aromatic carbocycles. The molecule has 1 aromatic rings. The molecule has 108 valence electrons. The number of allylic oxidation sites excluding steroid dienone is 2. The number of dihydropyridines is 1. The molecule has 1 aliphatic heterocycles. The maximum Gasteiger partial charge on any atom is 0.337 e. The molecule has 0 spiro atoms. The van der Waals surface area contributed by atoms with Crippen LogP contribution in [-0.2, 0) is 9.53 Å². The predicted molar refractivity (Wildman–Crippen MR) is 73.7 cm³/mol. The number of esters is 1. The van der Waals surface area contributed by atoms with Gasteiger partial charge in [-0.05, 0) is 19.1 Å². The summed E-state index contributed by atoms with van der Waals surface area (Å²) < 4.78 is 10.3. The molecule has 0 fully saturated rings. The standard InChI is InChI=1S/C15H14N2O4/c1-3-6-21-15(19)12-9(2)17-14(18)10(8-16)13(12)11-5-4-7-20-11/h3-5,7,13,17-18H,1,6H2,2H3. The number of rotatable bonds is 4. The lowest BCUT2D eigenvalue weighted by atomic mass is 9.86. The minimum Gasteiger partial charge on any atom is -0.494 e. The smallest absolute Gasteiger partial charge is 0.337 e. The number of hydrogen-bond acceptors (Lipinski definition) is 6. The Balaban J connectivity index is 2.49. The average molecular weight is 286 g/mol. The van der Waals surface area contributed by atoms with Gasteiger partial charge in [0, 0.05) is 5.70 Å². The third-order valence-electron chi connectivity index (χ3n) is 3.04. The second-order valence-corrected chi connectivity index (χ2v) is 4.37. The summed E-state index contributed by atoms with van der Waals surface area (Å²) in [6.07, 6.45) is 2.88. The van der Waals surface area contributed by atoms with Crippen molar-refractivity contribution >= 4 is 5.97 Å². The fourth-order valence-corrected chi connectivity index (χ4v) is 2.15. The van der Waals surface area contributed by atoms with E-state index in [0.29, 0.717) is 11.5 Å². The van der Waals surface area contributed by atoms with Gasteiger partial charge in [-0.25, -0.2) is 4.79 Å². The van der Waals surface area contributed by atoms with Crippen LogP contribution in [0.25, 0.3) is 0 Å². The third kappa shape index (κ3) is 2.67. The topological polar surface area (TPSA) is 95.5 Å². The van der Waals surface area contributed by atoms with Crippen molar-refractivity contribution in [1.29, 1.82) is 5.26 Å². The lowest BCUT2D eigenvalue weighted by Crippen LogP contribution is -2.29. The van der Waals surface area contributed by atoms with E-state index in [4.69, 9.17) is 9.15 Å². The largest absolute Gasteiger partial charge is 0.494 e. The molecule has 1 unspecified atom stereocenters. The van der Waals surface area contributed by atoms with E-state index in [1.54, 1.807) is 19.1 Å². The first-order valence-corrected chi connectivity index (χ1v) is 6.22. The highest BCUT2D eigenvalue weighted by atomic mass is 16.5. The lowest BCUT2D eigenvalue weighted by Gasteiger charge is -2.25. The van der Waals surface area contributed by atoms with Crippen LogP contribution in [0, 0.1) is 11.3 Å². The number of carbonyl (C=O) groups is 1. The molecule has 0 bridgehead atoms. The Kier molecular flexibility index (Phi) is 4.14. The molecule has 1 aromatic heterocycles. The van der Waals surface area contributed by atoms with E-state index in [-0.39, 0.29) is 23.6 Å². The number of aliphatic hydroxyl groups is 1. The summed E-state index contributed by atoms with van der Waals surface area (Å²) in [5.41, 5.74) is 0.629. The minimum atomic E-state index is -0.802. The van der Waals surface area contributed by atoms with E-state index in [0.717, 1.165) is 0 Å². The van der Waals surface area contributed by atoms with Crippen molar-refractivity contribution in [2.75, 3.05) is 6.61 Å². The molecule has 0 radical (unpaired) electrons. The molecule has 6 nitrogen and oxygen atoms in total. The molecular formula is C15H14N2O4. The van der Waals surface area contributed by atoms with E-state index < -0.39 is 11.9 Å². The summed E-state index contributed by atoms with van der Waals surface area (Å²) in [4.78, 5) is 12.2. The van der Waals surface area contributed by atoms with Crippen LogP contribution in [0.15, 0.2) is 58.2 Å². The third-order valence-corrected chi connectivity index (χ3v) is 3.04. The van der Waals surface area contributed by atoms with Crippen molar-refractivity contribution in [3.8, 4) is 6.07 Å². The minimum absolute atomic E-state index is 0.00102. The summed E-state index contributed by atoms with van der Waals surface area (Å²) in [6, 6.07) is 5.18. The zero-order valence-corrected chi connectivity index (χ0v) is 11.4.